The summed E-state index contributed by atoms with van der Waals surface area (Å²) in [5.74, 6) is 0.0479. The van der Waals surface area contributed by atoms with Gasteiger partial charge in [0, 0.05) is 31.4 Å². The maximum atomic E-state index is 6.46. The highest BCUT2D eigenvalue weighted by Gasteiger charge is 2.38. The van der Waals surface area contributed by atoms with E-state index in [0.29, 0.717) is 5.92 Å². The molecule has 0 heterocycles. The second kappa shape index (κ2) is 17.6. The Morgan fingerprint density at radius 2 is 1.33 bits per heavy atom. The molecule has 1 atom stereocenters. The predicted molar refractivity (Wildman–Crippen MR) is 131 cm³/mol. The molecule has 1 N–H and O–H groups in total. The molecular weight excluding hydrogens is 370 g/mol. The zero-order valence-corrected chi connectivity index (χ0v) is 20.4. The quantitative estimate of drug-likeness (QED) is 0.171. The van der Waals surface area contributed by atoms with Gasteiger partial charge in [-0.05, 0) is 50.7 Å². The summed E-state index contributed by atoms with van der Waals surface area (Å²) in [6.45, 7) is 11.5. The number of para-hydroxylation sites is 1. The molecule has 0 spiro atoms. The van der Waals surface area contributed by atoms with Gasteiger partial charge in [0.15, 0.2) is 5.79 Å². The first-order valence-electron chi connectivity index (χ1n) is 12.8. The SMILES string of the molecule is CCCCCCCCC(CCCNc1ccccc1)C(CC)(OCCC)OCCC. The molecular formula is C27H49NO2. The summed E-state index contributed by atoms with van der Waals surface area (Å²) in [5, 5.41) is 3.56. The number of rotatable bonds is 20. The Kier molecular flexibility index (Phi) is 15.8. The van der Waals surface area contributed by atoms with Crippen molar-refractivity contribution in [3.63, 3.8) is 0 Å². The minimum absolute atomic E-state index is 0.414. The van der Waals surface area contributed by atoms with Gasteiger partial charge in [-0.3, -0.25) is 0 Å². The topological polar surface area (TPSA) is 30.5 Å². The molecule has 30 heavy (non-hydrogen) atoms. The summed E-state index contributed by atoms with van der Waals surface area (Å²) in [6.07, 6.45) is 14.5. The van der Waals surface area contributed by atoms with Crippen LogP contribution in [-0.4, -0.2) is 25.5 Å². The molecule has 0 saturated carbocycles. The molecule has 0 saturated heterocycles. The molecule has 3 nitrogen and oxygen atoms in total. The number of benzene rings is 1. The lowest BCUT2D eigenvalue weighted by molar-refractivity contribution is -0.272. The van der Waals surface area contributed by atoms with Crippen LogP contribution in [0.25, 0.3) is 0 Å². The predicted octanol–water partition coefficient (Wildman–Crippen LogP) is 8.21. The molecule has 1 unspecified atom stereocenters. The zero-order valence-electron chi connectivity index (χ0n) is 20.4. The van der Waals surface area contributed by atoms with Crippen LogP contribution in [0.1, 0.15) is 105 Å². The van der Waals surface area contributed by atoms with Crippen LogP contribution < -0.4 is 5.32 Å². The highest BCUT2D eigenvalue weighted by molar-refractivity contribution is 5.42. The fourth-order valence-corrected chi connectivity index (χ4v) is 4.21. The van der Waals surface area contributed by atoms with Crippen molar-refractivity contribution in [3.05, 3.63) is 30.3 Å². The second-order valence-electron chi connectivity index (χ2n) is 8.55. The first-order chi connectivity index (χ1) is 14.7. The Hall–Kier alpha value is -1.06. The van der Waals surface area contributed by atoms with E-state index in [1.165, 1.54) is 50.6 Å². The van der Waals surface area contributed by atoms with Crippen molar-refractivity contribution in [2.24, 2.45) is 5.92 Å². The van der Waals surface area contributed by atoms with Gasteiger partial charge in [0.2, 0.25) is 0 Å². The number of ether oxygens (including phenoxy) is 2. The first kappa shape index (κ1) is 27.0. The third-order valence-electron chi connectivity index (χ3n) is 5.95. The minimum atomic E-state index is -0.414. The summed E-state index contributed by atoms with van der Waals surface area (Å²) < 4.78 is 12.9. The zero-order chi connectivity index (χ0) is 21.9. The molecule has 0 aromatic heterocycles. The van der Waals surface area contributed by atoms with Crippen LogP contribution in [-0.2, 0) is 9.47 Å². The largest absolute Gasteiger partial charge is 0.385 e. The van der Waals surface area contributed by atoms with E-state index in [4.69, 9.17) is 9.47 Å². The fourth-order valence-electron chi connectivity index (χ4n) is 4.21. The van der Waals surface area contributed by atoms with Gasteiger partial charge in [0.05, 0.1) is 0 Å². The Bertz CT molecular complexity index is 483. The average molecular weight is 420 g/mol. The molecule has 0 aliphatic carbocycles. The molecule has 1 aromatic rings. The first-order valence-corrected chi connectivity index (χ1v) is 12.8. The Morgan fingerprint density at radius 3 is 1.93 bits per heavy atom. The summed E-state index contributed by atoms with van der Waals surface area (Å²) in [7, 11) is 0. The van der Waals surface area contributed by atoms with Crippen LogP contribution in [0.3, 0.4) is 0 Å². The summed E-state index contributed by atoms with van der Waals surface area (Å²) >= 11 is 0. The number of hydrogen-bond acceptors (Lipinski definition) is 3. The molecule has 1 aromatic carbocycles. The second-order valence-corrected chi connectivity index (χ2v) is 8.55. The van der Waals surface area contributed by atoms with Crippen molar-refractivity contribution in [3.8, 4) is 0 Å². The van der Waals surface area contributed by atoms with Gasteiger partial charge in [-0.25, -0.2) is 0 Å². The van der Waals surface area contributed by atoms with Crippen LogP contribution in [0, 0.1) is 5.92 Å². The van der Waals surface area contributed by atoms with Crippen molar-refractivity contribution in [2.45, 2.75) is 111 Å². The van der Waals surface area contributed by atoms with Crippen molar-refractivity contribution >= 4 is 5.69 Å². The molecule has 174 valence electrons. The molecule has 0 bridgehead atoms. The van der Waals surface area contributed by atoms with Gasteiger partial charge in [0.25, 0.3) is 0 Å². The summed E-state index contributed by atoms with van der Waals surface area (Å²) in [6, 6.07) is 10.5. The molecule has 3 heteroatoms. The van der Waals surface area contributed by atoms with E-state index in [9.17, 15) is 0 Å². The van der Waals surface area contributed by atoms with E-state index >= 15 is 0 Å². The third-order valence-corrected chi connectivity index (χ3v) is 5.95. The highest BCUT2D eigenvalue weighted by atomic mass is 16.7. The highest BCUT2D eigenvalue weighted by Crippen LogP contribution is 2.35. The number of nitrogens with one attached hydrogen (secondary N) is 1. The molecule has 0 radical (unpaired) electrons. The molecule has 1 rings (SSSR count). The van der Waals surface area contributed by atoms with Crippen LogP contribution in [0.15, 0.2) is 30.3 Å². The Balaban J connectivity index is 2.68. The molecule has 0 fully saturated rings. The average Bonchev–Trinajstić information content (AvgIpc) is 2.79. The molecule has 0 aliphatic rings. The summed E-state index contributed by atoms with van der Waals surface area (Å²) in [4.78, 5) is 0. The lowest BCUT2D eigenvalue weighted by atomic mass is 9.86. The lowest BCUT2D eigenvalue weighted by Gasteiger charge is -2.40. The molecule has 0 amide bonds. The van der Waals surface area contributed by atoms with E-state index < -0.39 is 5.79 Å². The van der Waals surface area contributed by atoms with E-state index in [-0.39, 0.29) is 0 Å². The van der Waals surface area contributed by atoms with Crippen molar-refractivity contribution in [2.75, 3.05) is 25.1 Å². The third kappa shape index (κ3) is 10.8. The minimum Gasteiger partial charge on any atom is -0.385 e. The van der Waals surface area contributed by atoms with Crippen LogP contribution in [0.2, 0.25) is 0 Å². The van der Waals surface area contributed by atoms with Gasteiger partial charge >= 0.3 is 0 Å². The fraction of sp³-hybridized carbons (Fsp3) is 0.778. The van der Waals surface area contributed by atoms with Crippen molar-refractivity contribution < 1.29 is 9.47 Å². The number of hydrogen-bond donors (Lipinski definition) is 1. The van der Waals surface area contributed by atoms with E-state index in [2.05, 4.69) is 63.3 Å². The van der Waals surface area contributed by atoms with Gasteiger partial charge < -0.3 is 14.8 Å². The van der Waals surface area contributed by atoms with Gasteiger partial charge in [-0.2, -0.15) is 0 Å². The Morgan fingerprint density at radius 1 is 0.733 bits per heavy atom. The van der Waals surface area contributed by atoms with Gasteiger partial charge in [-0.1, -0.05) is 84.4 Å². The van der Waals surface area contributed by atoms with Crippen LogP contribution in [0.4, 0.5) is 5.69 Å². The maximum absolute atomic E-state index is 6.46. The number of unbranched alkanes of at least 4 members (excludes halogenated alkanes) is 5. The normalized spacial score (nSPS) is 12.8. The molecule has 0 aliphatic heterocycles. The van der Waals surface area contributed by atoms with Crippen molar-refractivity contribution in [1.82, 2.24) is 0 Å². The van der Waals surface area contributed by atoms with E-state index in [1.54, 1.807) is 0 Å². The van der Waals surface area contributed by atoms with E-state index in [0.717, 1.165) is 51.9 Å². The smallest absolute Gasteiger partial charge is 0.170 e. The van der Waals surface area contributed by atoms with Crippen molar-refractivity contribution in [1.29, 1.82) is 0 Å². The van der Waals surface area contributed by atoms with E-state index in [1.807, 2.05) is 0 Å². The van der Waals surface area contributed by atoms with Crippen LogP contribution in [0.5, 0.6) is 0 Å². The number of anilines is 1. The maximum Gasteiger partial charge on any atom is 0.170 e. The summed E-state index contributed by atoms with van der Waals surface area (Å²) in [5.41, 5.74) is 1.20. The monoisotopic (exact) mass is 419 g/mol. The van der Waals surface area contributed by atoms with Crippen LogP contribution >= 0.6 is 0 Å². The Labute approximate surface area is 187 Å². The van der Waals surface area contributed by atoms with Gasteiger partial charge in [0.1, 0.15) is 0 Å². The van der Waals surface area contributed by atoms with Gasteiger partial charge in [-0.15, -0.1) is 0 Å². The lowest BCUT2D eigenvalue weighted by Crippen LogP contribution is -2.44. The standard InChI is InChI=1S/C27H49NO2/c1-5-9-10-11-12-14-18-25(19-17-22-28-26-20-15-13-16-21-26)27(8-4,29-23-6-2)30-24-7-3/h13,15-16,20-21,25,28H,5-12,14,17-19,22-24H2,1-4H3.